The number of aromatic nitrogens is 3. The number of para-hydroxylation sites is 1. The zero-order valence-corrected chi connectivity index (χ0v) is 16.3. The van der Waals surface area contributed by atoms with E-state index >= 15 is 0 Å². The number of carbonyl (C=O) groups is 1. The van der Waals surface area contributed by atoms with Gasteiger partial charge in [-0.3, -0.25) is 4.79 Å². The zero-order valence-electron chi connectivity index (χ0n) is 15.5. The maximum atomic E-state index is 13.1. The second-order valence-corrected chi connectivity index (χ2v) is 6.93. The molecule has 8 heteroatoms. The molecular formula is C21H16N6OS. The van der Waals surface area contributed by atoms with Gasteiger partial charge in [-0.2, -0.15) is 14.9 Å². The van der Waals surface area contributed by atoms with Crippen LogP contribution in [0.4, 0.5) is 11.5 Å². The Morgan fingerprint density at radius 2 is 1.79 bits per heavy atom. The highest BCUT2D eigenvalue weighted by Crippen LogP contribution is 2.31. The standard InChI is InChI=1S/C21H16N6OS/c1-29-21-16(20(28)24-14-10-6-3-7-11-14)19-25-17(13-8-4-2-5-9-13)15(12-22)18(23)27(19)26-21/h2-11H,23H2,1H3,(H,24,28). The Bertz CT molecular complexity index is 1250. The van der Waals surface area contributed by atoms with Gasteiger partial charge in [0.2, 0.25) is 0 Å². The zero-order chi connectivity index (χ0) is 20.4. The molecule has 3 N–H and O–H groups in total. The predicted molar refractivity (Wildman–Crippen MR) is 114 cm³/mol. The number of nitrogens with two attached hydrogens (primary N) is 1. The molecule has 0 saturated carbocycles. The largest absolute Gasteiger partial charge is 0.382 e. The second-order valence-electron chi connectivity index (χ2n) is 6.14. The molecule has 0 spiro atoms. The van der Waals surface area contributed by atoms with Gasteiger partial charge in [0.25, 0.3) is 5.91 Å². The summed E-state index contributed by atoms with van der Waals surface area (Å²) in [6.07, 6.45) is 1.82. The number of nitrogen functional groups attached to an aromatic ring is 1. The minimum Gasteiger partial charge on any atom is -0.382 e. The Balaban J connectivity index is 1.94. The second kappa shape index (κ2) is 7.66. The van der Waals surface area contributed by atoms with E-state index in [1.54, 1.807) is 12.1 Å². The van der Waals surface area contributed by atoms with Crippen molar-refractivity contribution in [2.24, 2.45) is 0 Å². The average molecular weight is 400 g/mol. The number of thioether (sulfide) groups is 1. The van der Waals surface area contributed by atoms with Gasteiger partial charge < -0.3 is 11.1 Å². The molecule has 2 aromatic carbocycles. The molecule has 0 radical (unpaired) electrons. The minimum atomic E-state index is -0.342. The number of benzene rings is 2. The van der Waals surface area contributed by atoms with Gasteiger partial charge in [0.15, 0.2) is 5.65 Å². The summed E-state index contributed by atoms with van der Waals surface area (Å²) in [4.78, 5) is 17.7. The Morgan fingerprint density at radius 1 is 1.14 bits per heavy atom. The summed E-state index contributed by atoms with van der Waals surface area (Å²) in [5, 5.41) is 17.4. The number of anilines is 2. The van der Waals surface area contributed by atoms with Crippen molar-refractivity contribution in [3.8, 4) is 17.3 Å². The molecule has 29 heavy (non-hydrogen) atoms. The monoisotopic (exact) mass is 400 g/mol. The van der Waals surface area contributed by atoms with E-state index in [4.69, 9.17) is 5.73 Å². The van der Waals surface area contributed by atoms with Crippen LogP contribution in [0.5, 0.6) is 0 Å². The predicted octanol–water partition coefficient (Wildman–Crippen LogP) is 3.82. The van der Waals surface area contributed by atoms with Crippen molar-refractivity contribution in [2.75, 3.05) is 17.3 Å². The molecular weight excluding hydrogens is 384 g/mol. The summed E-state index contributed by atoms with van der Waals surface area (Å²) < 4.78 is 1.36. The van der Waals surface area contributed by atoms with Crippen molar-refractivity contribution < 1.29 is 4.79 Å². The molecule has 0 aliphatic carbocycles. The molecule has 4 rings (SSSR count). The summed E-state index contributed by atoms with van der Waals surface area (Å²) in [5.74, 6) is -0.198. The van der Waals surface area contributed by atoms with Gasteiger partial charge in [-0.25, -0.2) is 4.98 Å². The number of hydrogen-bond acceptors (Lipinski definition) is 6. The van der Waals surface area contributed by atoms with E-state index < -0.39 is 0 Å². The quantitative estimate of drug-likeness (QED) is 0.504. The first-order valence-electron chi connectivity index (χ1n) is 8.72. The first-order valence-corrected chi connectivity index (χ1v) is 9.94. The highest BCUT2D eigenvalue weighted by molar-refractivity contribution is 7.98. The van der Waals surface area contributed by atoms with Gasteiger partial charge in [0, 0.05) is 11.3 Å². The fraction of sp³-hybridized carbons (Fsp3) is 0.0476. The number of carbonyl (C=O) groups excluding carboxylic acids is 1. The third-order valence-corrected chi connectivity index (χ3v) is 5.05. The van der Waals surface area contributed by atoms with Crippen molar-refractivity contribution in [2.45, 2.75) is 5.03 Å². The lowest BCUT2D eigenvalue weighted by atomic mass is 10.1. The van der Waals surface area contributed by atoms with Crippen LogP contribution in [0.1, 0.15) is 15.9 Å². The first kappa shape index (κ1) is 18.5. The van der Waals surface area contributed by atoms with E-state index in [-0.39, 0.29) is 17.3 Å². The van der Waals surface area contributed by atoms with E-state index in [1.807, 2.05) is 54.8 Å². The number of rotatable bonds is 4. The highest BCUT2D eigenvalue weighted by atomic mass is 32.2. The van der Waals surface area contributed by atoms with Gasteiger partial charge in [-0.05, 0) is 18.4 Å². The molecule has 0 aliphatic heterocycles. The van der Waals surface area contributed by atoms with Crippen LogP contribution in [0.2, 0.25) is 0 Å². The summed E-state index contributed by atoms with van der Waals surface area (Å²) in [6.45, 7) is 0. The number of amides is 1. The number of fused-ring (bicyclic) bond motifs is 1. The number of nitrogens with one attached hydrogen (secondary N) is 1. The average Bonchev–Trinajstić information content (AvgIpc) is 3.14. The van der Waals surface area contributed by atoms with E-state index in [9.17, 15) is 10.1 Å². The van der Waals surface area contributed by atoms with E-state index in [2.05, 4.69) is 21.5 Å². The summed E-state index contributed by atoms with van der Waals surface area (Å²) in [5.41, 5.74) is 8.90. The van der Waals surface area contributed by atoms with Crippen LogP contribution in [0.15, 0.2) is 65.7 Å². The van der Waals surface area contributed by atoms with Gasteiger partial charge >= 0.3 is 0 Å². The normalized spacial score (nSPS) is 10.6. The van der Waals surface area contributed by atoms with Crippen LogP contribution in [0, 0.1) is 11.3 Å². The fourth-order valence-corrected chi connectivity index (χ4v) is 3.57. The summed E-state index contributed by atoms with van der Waals surface area (Å²) >= 11 is 1.31. The van der Waals surface area contributed by atoms with Gasteiger partial charge in [-0.1, -0.05) is 48.5 Å². The van der Waals surface area contributed by atoms with Crippen LogP contribution < -0.4 is 11.1 Å². The lowest BCUT2D eigenvalue weighted by Gasteiger charge is -2.09. The molecule has 0 bridgehead atoms. The SMILES string of the molecule is CSc1nn2c(N)c(C#N)c(-c3ccccc3)nc2c1C(=O)Nc1ccccc1. The summed E-state index contributed by atoms with van der Waals surface area (Å²) in [6, 6.07) is 20.5. The maximum absolute atomic E-state index is 13.1. The Labute approximate surface area is 171 Å². The third-order valence-electron chi connectivity index (χ3n) is 4.38. The Morgan fingerprint density at radius 3 is 2.41 bits per heavy atom. The maximum Gasteiger partial charge on any atom is 0.262 e. The number of hydrogen-bond donors (Lipinski definition) is 2. The smallest absolute Gasteiger partial charge is 0.262 e. The highest BCUT2D eigenvalue weighted by Gasteiger charge is 2.25. The van der Waals surface area contributed by atoms with E-state index in [0.717, 1.165) is 5.56 Å². The Kier molecular flexibility index (Phi) is 4.89. The van der Waals surface area contributed by atoms with Gasteiger partial charge in [0.1, 0.15) is 28.0 Å². The van der Waals surface area contributed by atoms with Crippen LogP contribution in [0.25, 0.3) is 16.9 Å². The molecule has 1 amide bonds. The molecule has 2 aromatic heterocycles. The lowest BCUT2D eigenvalue weighted by molar-refractivity contribution is 0.102. The van der Waals surface area contributed by atoms with Gasteiger partial charge in [-0.15, -0.1) is 11.8 Å². The van der Waals surface area contributed by atoms with Crippen LogP contribution in [-0.2, 0) is 0 Å². The molecule has 0 unspecified atom stereocenters. The number of nitrogens with zero attached hydrogens (tertiary/aromatic N) is 4. The molecule has 0 atom stereocenters. The minimum absolute atomic E-state index is 0.144. The van der Waals surface area contributed by atoms with Crippen molar-refractivity contribution in [3.63, 3.8) is 0 Å². The van der Waals surface area contributed by atoms with Crippen molar-refractivity contribution in [3.05, 3.63) is 71.8 Å². The summed E-state index contributed by atoms with van der Waals surface area (Å²) in [7, 11) is 0. The fourth-order valence-electron chi connectivity index (χ4n) is 3.02. The third kappa shape index (κ3) is 3.28. The van der Waals surface area contributed by atoms with Crippen molar-refractivity contribution >= 4 is 34.8 Å². The number of nitriles is 1. The van der Waals surface area contributed by atoms with Crippen molar-refractivity contribution in [1.82, 2.24) is 14.6 Å². The van der Waals surface area contributed by atoms with Crippen LogP contribution in [0.3, 0.4) is 0 Å². The van der Waals surface area contributed by atoms with Crippen LogP contribution >= 0.6 is 11.8 Å². The molecule has 7 nitrogen and oxygen atoms in total. The molecule has 142 valence electrons. The first-order chi connectivity index (χ1) is 14.1. The Hall–Kier alpha value is -3.83. The molecule has 0 saturated heterocycles. The van der Waals surface area contributed by atoms with Crippen LogP contribution in [-0.4, -0.2) is 26.8 Å². The lowest BCUT2D eigenvalue weighted by Crippen LogP contribution is -2.13. The van der Waals surface area contributed by atoms with E-state index in [1.165, 1.54) is 16.3 Å². The van der Waals surface area contributed by atoms with Crippen molar-refractivity contribution in [1.29, 1.82) is 5.26 Å². The topological polar surface area (TPSA) is 109 Å². The van der Waals surface area contributed by atoms with Gasteiger partial charge in [0.05, 0.1) is 5.69 Å². The molecule has 0 aliphatic rings. The molecule has 2 heterocycles. The van der Waals surface area contributed by atoms with E-state index in [0.29, 0.717) is 27.6 Å². The molecule has 4 aromatic rings. The molecule has 0 fully saturated rings.